The van der Waals surface area contributed by atoms with Gasteiger partial charge >= 0.3 is 0 Å². The third-order valence-corrected chi connectivity index (χ3v) is 6.48. The van der Waals surface area contributed by atoms with Crippen LogP contribution in [0.15, 0.2) is 61.1 Å². The molecule has 1 saturated heterocycles. The fourth-order valence-corrected chi connectivity index (χ4v) is 4.70. The molecule has 1 N–H and O–H groups in total. The summed E-state index contributed by atoms with van der Waals surface area (Å²) in [6, 6.07) is 14.9. The average molecular weight is 469 g/mol. The fourth-order valence-electron chi connectivity index (χ4n) is 4.70. The van der Waals surface area contributed by atoms with Crippen LogP contribution in [0, 0.1) is 6.92 Å². The van der Waals surface area contributed by atoms with Crippen molar-refractivity contribution in [1.29, 1.82) is 0 Å². The molecule has 0 saturated carbocycles. The van der Waals surface area contributed by atoms with Crippen LogP contribution >= 0.6 is 0 Å². The molecular weight excluding hydrogens is 444 g/mol. The van der Waals surface area contributed by atoms with Gasteiger partial charge in [0, 0.05) is 49.8 Å². The number of fused-ring (bicyclic) bond motifs is 4. The molecular formula is C26H24N6O3. The molecule has 7 rings (SSSR count). The molecule has 4 aromatic rings. The van der Waals surface area contributed by atoms with Crippen molar-refractivity contribution in [3.05, 3.63) is 72.2 Å². The summed E-state index contributed by atoms with van der Waals surface area (Å²) in [5.41, 5.74) is 4.49. The number of imidazole rings is 1. The average Bonchev–Trinajstić information content (AvgIpc) is 3.27. The predicted molar refractivity (Wildman–Crippen MR) is 132 cm³/mol. The van der Waals surface area contributed by atoms with E-state index in [9.17, 15) is 9.59 Å². The van der Waals surface area contributed by atoms with Crippen molar-refractivity contribution < 1.29 is 14.3 Å². The highest BCUT2D eigenvalue weighted by molar-refractivity contribution is 6.08. The number of pyridine rings is 1. The number of nitrogens with zero attached hydrogens (tertiary/aromatic N) is 5. The number of aryl methyl sites for hydroxylation is 1. The molecule has 0 aliphatic carbocycles. The lowest BCUT2D eigenvalue weighted by Gasteiger charge is -2.37. The van der Waals surface area contributed by atoms with Crippen LogP contribution in [-0.4, -0.2) is 57.4 Å². The Balaban J connectivity index is 1.45. The molecule has 9 nitrogen and oxygen atoms in total. The highest BCUT2D eigenvalue weighted by atomic mass is 16.5. The van der Waals surface area contributed by atoms with Crippen LogP contribution < -0.4 is 15.0 Å². The molecule has 9 heteroatoms. The molecule has 176 valence electrons. The first-order chi connectivity index (χ1) is 17.0. The number of rotatable bonds is 0. The Hall–Kier alpha value is -4.40. The second kappa shape index (κ2) is 8.43. The zero-order valence-corrected chi connectivity index (χ0v) is 19.3. The Morgan fingerprint density at radius 3 is 2.63 bits per heavy atom. The first kappa shape index (κ1) is 21.2. The number of nitrogens with one attached hydrogen (secondary N) is 1. The van der Waals surface area contributed by atoms with Gasteiger partial charge in [0.05, 0.1) is 17.4 Å². The number of ether oxygens (including phenoxy) is 1. The summed E-state index contributed by atoms with van der Waals surface area (Å²) in [6.07, 6.45) is 3.26. The monoisotopic (exact) mass is 468 g/mol. The molecule has 5 heterocycles. The van der Waals surface area contributed by atoms with Gasteiger partial charge in [-0.2, -0.15) is 0 Å². The smallest absolute Gasteiger partial charge is 0.257 e. The van der Waals surface area contributed by atoms with Crippen molar-refractivity contribution >= 4 is 34.2 Å². The highest BCUT2D eigenvalue weighted by Crippen LogP contribution is 2.31. The van der Waals surface area contributed by atoms with E-state index in [1.807, 2.05) is 52.8 Å². The standard InChI is InChI=1S/C26H24N6O3/c1-17-5-6-21-19(13-17)26(34)29-18-7-8-27-23(14-18)35-22-4-2-3-20-25(22)32(16-28-20)15-24(33)31-11-9-30(21)10-12-31/h2-8,13-14,16H,9-12,15H2,1H3,(H,29,34). The SMILES string of the molecule is Cc1ccc2c(c1)C(=O)Nc1ccnc(c1)Oc1cccc3ncn(c13)CC(=O)N1CCN2CC1. The third-order valence-electron chi connectivity index (χ3n) is 6.48. The predicted octanol–water partition coefficient (Wildman–Crippen LogP) is 3.45. The molecule has 4 bridgehead atoms. The van der Waals surface area contributed by atoms with E-state index < -0.39 is 0 Å². The molecule has 0 unspecified atom stereocenters. The van der Waals surface area contributed by atoms with Gasteiger partial charge in [-0.3, -0.25) is 9.59 Å². The van der Waals surface area contributed by atoms with Gasteiger partial charge in [0.2, 0.25) is 11.8 Å². The van der Waals surface area contributed by atoms with Gasteiger partial charge < -0.3 is 24.4 Å². The lowest BCUT2D eigenvalue weighted by Crippen LogP contribution is -2.50. The fraction of sp³-hybridized carbons (Fsp3) is 0.231. The summed E-state index contributed by atoms with van der Waals surface area (Å²) in [5.74, 6) is 0.684. The Labute approximate surface area is 201 Å². The Morgan fingerprint density at radius 1 is 0.943 bits per heavy atom. The van der Waals surface area contributed by atoms with Gasteiger partial charge in [0.15, 0.2) is 5.75 Å². The van der Waals surface area contributed by atoms with Gasteiger partial charge in [-0.1, -0.05) is 17.7 Å². The van der Waals surface area contributed by atoms with E-state index in [0.29, 0.717) is 49.1 Å². The molecule has 2 aromatic heterocycles. The van der Waals surface area contributed by atoms with Gasteiger partial charge in [-0.15, -0.1) is 0 Å². The van der Waals surface area contributed by atoms with E-state index in [2.05, 4.69) is 20.2 Å². The number of amides is 2. The molecule has 3 aliphatic rings. The number of benzene rings is 2. The van der Waals surface area contributed by atoms with Crippen LogP contribution in [0.4, 0.5) is 11.4 Å². The lowest BCUT2D eigenvalue weighted by molar-refractivity contribution is -0.132. The Kier molecular flexibility index (Phi) is 5.09. The minimum atomic E-state index is -0.205. The quantitative estimate of drug-likeness (QED) is 0.425. The third kappa shape index (κ3) is 3.95. The van der Waals surface area contributed by atoms with Crippen LogP contribution in [0.25, 0.3) is 11.0 Å². The van der Waals surface area contributed by atoms with Gasteiger partial charge in [-0.25, -0.2) is 9.97 Å². The van der Waals surface area contributed by atoms with E-state index in [1.165, 1.54) is 0 Å². The molecule has 3 aliphatic heterocycles. The molecule has 2 amide bonds. The largest absolute Gasteiger partial charge is 0.437 e. The maximum Gasteiger partial charge on any atom is 0.257 e. The second-order valence-corrected chi connectivity index (χ2v) is 8.82. The molecule has 0 radical (unpaired) electrons. The van der Waals surface area contributed by atoms with E-state index in [4.69, 9.17) is 4.74 Å². The van der Waals surface area contributed by atoms with E-state index >= 15 is 0 Å². The van der Waals surface area contributed by atoms with Crippen LogP contribution in [0.5, 0.6) is 11.6 Å². The number of piperazine rings is 1. The summed E-state index contributed by atoms with van der Waals surface area (Å²) < 4.78 is 7.94. The second-order valence-electron chi connectivity index (χ2n) is 8.82. The maximum atomic E-state index is 13.3. The molecule has 0 atom stereocenters. The molecule has 2 aromatic carbocycles. The summed E-state index contributed by atoms with van der Waals surface area (Å²) >= 11 is 0. The van der Waals surface area contributed by atoms with Crippen molar-refractivity contribution in [2.45, 2.75) is 13.5 Å². The highest BCUT2D eigenvalue weighted by Gasteiger charge is 2.25. The van der Waals surface area contributed by atoms with Crippen molar-refractivity contribution in [2.75, 3.05) is 36.4 Å². The minimum absolute atomic E-state index is 0.0186. The van der Waals surface area contributed by atoms with Gasteiger partial charge in [0.25, 0.3) is 5.91 Å². The first-order valence-corrected chi connectivity index (χ1v) is 11.6. The van der Waals surface area contributed by atoms with E-state index in [-0.39, 0.29) is 18.4 Å². The zero-order chi connectivity index (χ0) is 23.9. The lowest BCUT2D eigenvalue weighted by atomic mass is 10.1. The Morgan fingerprint density at radius 2 is 1.77 bits per heavy atom. The van der Waals surface area contributed by atoms with Crippen LogP contribution in [0.3, 0.4) is 0 Å². The van der Waals surface area contributed by atoms with Crippen LogP contribution in [0.1, 0.15) is 15.9 Å². The summed E-state index contributed by atoms with van der Waals surface area (Å²) in [6.45, 7) is 4.58. The Bertz CT molecular complexity index is 1450. The first-order valence-electron chi connectivity index (χ1n) is 11.6. The number of aromatic nitrogens is 3. The normalized spacial score (nSPS) is 16.0. The molecule has 1 fully saturated rings. The minimum Gasteiger partial charge on any atom is -0.437 e. The van der Waals surface area contributed by atoms with Crippen molar-refractivity contribution in [3.63, 3.8) is 0 Å². The van der Waals surface area contributed by atoms with Crippen LogP contribution in [-0.2, 0) is 11.3 Å². The number of carbonyl (C=O) groups excluding carboxylic acids is 2. The van der Waals surface area contributed by atoms with E-state index in [0.717, 1.165) is 22.3 Å². The number of anilines is 2. The van der Waals surface area contributed by atoms with E-state index in [1.54, 1.807) is 24.7 Å². The number of carbonyl (C=O) groups is 2. The van der Waals surface area contributed by atoms with Crippen molar-refractivity contribution in [2.24, 2.45) is 0 Å². The summed E-state index contributed by atoms with van der Waals surface area (Å²) in [5, 5.41) is 3.00. The van der Waals surface area contributed by atoms with Gasteiger partial charge in [-0.05, 0) is 37.3 Å². The van der Waals surface area contributed by atoms with Crippen molar-refractivity contribution in [1.82, 2.24) is 19.4 Å². The number of hydrogen-bond acceptors (Lipinski definition) is 6. The summed E-state index contributed by atoms with van der Waals surface area (Å²) in [4.78, 5) is 39.3. The van der Waals surface area contributed by atoms with Gasteiger partial charge in [0.1, 0.15) is 12.1 Å². The number of para-hydroxylation sites is 1. The molecule has 0 spiro atoms. The summed E-state index contributed by atoms with van der Waals surface area (Å²) in [7, 11) is 0. The maximum absolute atomic E-state index is 13.3. The van der Waals surface area contributed by atoms with Crippen LogP contribution in [0.2, 0.25) is 0 Å². The topological polar surface area (TPSA) is 92.6 Å². The number of hydrogen-bond donors (Lipinski definition) is 1. The van der Waals surface area contributed by atoms with Crippen molar-refractivity contribution in [3.8, 4) is 11.6 Å². The molecule has 35 heavy (non-hydrogen) atoms. The zero-order valence-electron chi connectivity index (χ0n) is 19.3.